The van der Waals surface area contributed by atoms with Gasteiger partial charge in [0.15, 0.2) is 0 Å². The Balaban J connectivity index is 2.92. The Kier molecular flexibility index (Phi) is 14.4. The van der Waals surface area contributed by atoms with Crippen LogP contribution >= 0.6 is 0 Å². The molecule has 0 aromatic heterocycles. The third-order valence-corrected chi connectivity index (χ3v) is 6.27. The van der Waals surface area contributed by atoms with Gasteiger partial charge >= 0.3 is 5.97 Å². The van der Waals surface area contributed by atoms with Crippen LogP contribution in [0.3, 0.4) is 0 Å². The molecule has 0 spiro atoms. The smallest absolute Gasteiger partial charge is 0.326 e. The molecule has 1 aromatic rings. The van der Waals surface area contributed by atoms with Crippen molar-refractivity contribution in [1.29, 1.82) is 0 Å². The molecule has 1 rings (SSSR count). The highest BCUT2D eigenvalue weighted by Crippen LogP contribution is 2.12. The van der Waals surface area contributed by atoms with Gasteiger partial charge in [-0.25, -0.2) is 4.79 Å². The maximum Gasteiger partial charge on any atom is 0.326 e. The predicted molar refractivity (Wildman–Crippen MR) is 151 cm³/mol. The minimum Gasteiger partial charge on any atom is -0.508 e. The van der Waals surface area contributed by atoms with Crippen LogP contribution in [0.4, 0.5) is 0 Å². The van der Waals surface area contributed by atoms with Gasteiger partial charge < -0.3 is 47.6 Å². The fraction of sp³-hybridized carbons (Fsp3) is 0.556. The number of aliphatic carboxylic acids is 1. The van der Waals surface area contributed by atoms with Crippen molar-refractivity contribution in [2.45, 2.75) is 71.2 Å². The zero-order valence-corrected chi connectivity index (χ0v) is 24.3. The monoisotopic (exact) mass is 594 g/mol. The fourth-order valence-electron chi connectivity index (χ4n) is 3.55. The predicted octanol–water partition coefficient (Wildman–Crippen LogP) is -2.27. The van der Waals surface area contributed by atoms with Gasteiger partial charge in [0.1, 0.15) is 29.9 Å². The van der Waals surface area contributed by atoms with Gasteiger partial charge in [-0.1, -0.05) is 39.8 Å². The van der Waals surface area contributed by atoms with Crippen molar-refractivity contribution >= 4 is 35.5 Å². The normalized spacial score (nSPS) is 14.6. The van der Waals surface area contributed by atoms with Crippen LogP contribution in [0, 0.1) is 11.8 Å². The summed E-state index contributed by atoms with van der Waals surface area (Å²) in [7, 11) is 0. The van der Waals surface area contributed by atoms with E-state index >= 15 is 0 Å². The maximum absolute atomic E-state index is 13.1. The number of hydrogen-bond donors (Lipinski definition) is 9. The largest absolute Gasteiger partial charge is 0.508 e. The molecule has 10 N–H and O–H groups in total. The second-order valence-electron chi connectivity index (χ2n) is 10.5. The molecule has 5 amide bonds. The summed E-state index contributed by atoms with van der Waals surface area (Å²) in [6, 6.07) is -0.0577. The Morgan fingerprint density at radius 3 is 1.86 bits per heavy atom. The van der Waals surface area contributed by atoms with Crippen LogP contribution in [0.25, 0.3) is 0 Å². The second-order valence-corrected chi connectivity index (χ2v) is 10.5. The first-order valence-corrected chi connectivity index (χ1v) is 13.4. The van der Waals surface area contributed by atoms with Gasteiger partial charge in [0.2, 0.25) is 29.5 Å². The van der Waals surface area contributed by atoms with Crippen LogP contribution in [-0.4, -0.2) is 94.2 Å². The Labute approximate surface area is 244 Å². The van der Waals surface area contributed by atoms with Crippen LogP contribution in [0.5, 0.6) is 5.75 Å². The number of phenols is 1. The van der Waals surface area contributed by atoms with Gasteiger partial charge in [-0.05, 0) is 36.5 Å². The van der Waals surface area contributed by atoms with E-state index in [1.54, 1.807) is 27.7 Å². The second kappa shape index (κ2) is 16.9. The van der Waals surface area contributed by atoms with E-state index in [1.807, 2.05) is 0 Å². The molecule has 0 aliphatic carbocycles. The lowest BCUT2D eigenvalue weighted by atomic mass is 10.0. The third-order valence-electron chi connectivity index (χ3n) is 6.27. The lowest BCUT2D eigenvalue weighted by Gasteiger charge is -2.24. The summed E-state index contributed by atoms with van der Waals surface area (Å²) in [5.41, 5.74) is 6.30. The SMILES string of the molecule is CC(C)[C@H](N)C(=O)N[C@@H](CO)C(=O)NCC(=O)N[C@@H](Cc1ccc(O)cc1)C(=O)N[C@@H](C)C(=O)N[C@H](C(=O)O)C(C)C. The lowest BCUT2D eigenvalue weighted by molar-refractivity contribution is -0.143. The molecule has 5 atom stereocenters. The quantitative estimate of drug-likeness (QED) is 0.0992. The first kappa shape index (κ1) is 35.8. The number of benzene rings is 1. The highest BCUT2D eigenvalue weighted by atomic mass is 16.4. The molecular formula is C27H42N6O9. The number of phenolic OH excluding ortho intramolecular Hbond substituents is 1. The number of hydrogen-bond acceptors (Lipinski definition) is 9. The molecule has 0 aliphatic rings. The molecule has 0 saturated carbocycles. The highest BCUT2D eigenvalue weighted by Gasteiger charge is 2.29. The van der Waals surface area contributed by atoms with Crippen molar-refractivity contribution in [3.63, 3.8) is 0 Å². The van der Waals surface area contributed by atoms with E-state index in [4.69, 9.17) is 5.73 Å². The molecule has 0 aliphatic heterocycles. The van der Waals surface area contributed by atoms with Crippen LogP contribution < -0.4 is 32.3 Å². The summed E-state index contributed by atoms with van der Waals surface area (Å²) in [5, 5.41) is 40.2. The van der Waals surface area contributed by atoms with Gasteiger partial charge in [0.25, 0.3) is 0 Å². The van der Waals surface area contributed by atoms with Gasteiger partial charge in [-0.3, -0.25) is 24.0 Å². The summed E-state index contributed by atoms with van der Waals surface area (Å²) >= 11 is 0. The van der Waals surface area contributed by atoms with E-state index in [0.717, 1.165) is 0 Å². The van der Waals surface area contributed by atoms with Crippen molar-refractivity contribution in [2.24, 2.45) is 17.6 Å². The number of aromatic hydroxyl groups is 1. The zero-order chi connectivity index (χ0) is 32.1. The molecule has 42 heavy (non-hydrogen) atoms. The number of nitrogens with one attached hydrogen (secondary N) is 5. The van der Waals surface area contributed by atoms with Crippen molar-refractivity contribution < 1.29 is 44.1 Å². The van der Waals surface area contributed by atoms with Crippen molar-refractivity contribution in [1.82, 2.24) is 26.6 Å². The number of rotatable bonds is 16. The first-order chi connectivity index (χ1) is 19.6. The Bertz CT molecular complexity index is 1110. The molecule has 0 radical (unpaired) electrons. The average molecular weight is 595 g/mol. The molecule has 0 heterocycles. The molecule has 234 valence electrons. The number of carbonyl (C=O) groups excluding carboxylic acids is 5. The van der Waals surface area contributed by atoms with Gasteiger partial charge in [0.05, 0.1) is 19.2 Å². The zero-order valence-electron chi connectivity index (χ0n) is 24.3. The fourth-order valence-corrected chi connectivity index (χ4v) is 3.55. The Morgan fingerprint density at radius 2 is 1.36 bits per heavy atom. The van der Waals surface area contributed by atoms with Gasteiger partial charge in [-0.15, -0.1) is 0 Å². The van der Waals surface area contributed by atoms with E-state index in [2.05, 4.69) is 26.6 Å². The van der Waals surface area contributed by atoms with Crippen LogP contribution in [-0.2, 0) is 35.2 Å². The standard InChI is InChI=1S/C27H42N6O9/c1-13(2)21(28)26(40)32-19(12-34)24(38)29-11-20(36)31-18(10-16-6-8-17(35)9-7-16)25(39)30-15(5)23(37)33-22(14(3)4)27(41)42/h6-9,13-15,18-19,21-22,34-35H,10-12,28H2,1-5H3,(H,29,38)(H,30,39)(H,31,36)(H,32,40)(H,33,37)(H,41,42)/t15-,18-,19-,21-,22-/m0/s1. The first-order valence-electron chi connectivity index (χ1n) is 13.4. The van der Waals surface area contributed by atoms with Crippen molar-refractivity contribution in [3.8, 4) is 5.75 Å². The molecule has 1 aromatic carbocycles. The number of carbonyl (C=O) groups is 6. The summed E-state index contributed by atoms with van der Waals surface area (Å²) < 4.78 is 0. The van der Waals surface area contributed by atoms with Gasteiger partial charge in [0, 0.05) is 6.42 Å². The number of carboxylic acids is 1. The summed E-state index contributed by atoms with van der Waals surface area (Å²) in [6.07, 6.45) is -0.0632. The molecule has 15 heteroatoms. The Hall–Kier alpha value is -4.24. The van der Waals surface area contributed by atoms with Gasteiger partial charge in [-0.2, -0.15) is 0 Å². The number of aliphatic hydroxyl groups is 1. The van der Waals surface area contributed by atoms with Crippen molar-refractivity contribution in [2.75, 3.05) is 13.2 Å². The van der Waals surface area contributed by atoms with Crippen LogP contribution in [0.2, 0.25) is 0 Å². The molecule has 0 saturated heterocycles. The maximum atomic E-state index is 13.1. The topological polar surface area (TPSA) is 249 Å². The van der Waals surface area contributed by atoms with E-state index in [1.165, 1.54) is 31.2 Å². The minimum absolute atomic E-state index is 0.0187. The summed E-state index contributed by atoms with van der Waals surface area (Å²) in [6.45, 7) is 6.61. The van der Waals surface area contributed by atoms with Crippen molar-refractivity contribution in [3.05, 3.63) is 29.8 Å². The van der Waals surface area contributed by atoms with E-state index in [9.17, 15) is 44.1 Å². The molecule has 15 nitrogen and oxygen atoms in total. The molecule has 0 fully saturated rings. The van der Waals surface area contributed by atoms with Crippen LogP contribution in [0.15, 0.2) is 24.3 Å². The number of carboxylic acid groups (broad SMARTS) is 1. The minimum atomic E-state index is -1.37. The van der Waals surface area contributed by atoms with E-state index in [0.29, 0.717) is 5.56 Å². The summed E-state index contributed by atoms with van der Waals surface area (Å²) in [4.78, 5) is 74.4. The third kappa shape index (κ3) is 11.7. The summed E-state index contributed by atoms with van der Waals surface area (Å²) in [5.74, 6) is -5.74. The van der Waals surface area contributed by atoms with E-state index < -0.39 is 84.8 Å². The molecular weight excluding hydrogens is 552 g/mol. The van der Waals surface area contributed by atoms with Crippen LogP contribution in [0.1, 0.15) is 40.2 Å². The number of aliphatic hydroxyl groups excluding tert-OH is 1. The Morgan fingerprint density at radius 1 is 0.762 bits per heavy atom. The number of nitrogens with two attached hydrogens (primary N) is 1. The van der Waals surface area contributed by atoms with E-state index in [-0.39, 0.29) is 18.1 Å². The highest BCUT2D eigenvalue weighted by molar-refractivity contribution is 5.95. The number of amides is 5. The molecule has 0 bridgehead atoms. The molecule has 0 unspecified atom stereocenters. The average Bonchev–Trinajstić information content (AvgIpc) is 2.92. The lowest BCUT2D eigenvalue weighted by Crippen LogP contribution is -2.57.